The zero-order valence-electron chi connectivity index (χ0n) is 12.4. The molecule has 118 valence electrons. The van der Waals surface area contributed by atoms with E-state index in [1.807, 2.05) is 0 Å². The first-order chi connectivity index (χ1) is 10.4. The predicted molar refractivity (Wildman–Crippen MR) is 79.5 cm³/mol. The van der Waals surface area contributed by atoms with Crippen molar-refractivity contribution < 1.29 is 22.5 Å². The number of hydrogen-bond acceptors (Lipinski definition) is 6. The van der Waals surface area contributed by atoms with Crippen molar-refractivity contribution >= 4 is 21.6 Å². The molecule has 1 aromatic heterocycles. The SMILES string of the molecule is COc1ccccc1S(=O)(=O)[C@@H](C)C(=O)Nc1cc(C)no1. The van der Waals surface area contributed by atoms with E-state index in [0.717, 1.165) is 0 Å². The van der Waals surface area contributed by atoms with Gasteiger partial charge in [0.1, 0.15) is 15.9 Å². The molecule has 0 aliphatic rings. The average molecular weight is 324 g/mol. The third kappa shape index (κ3) is 3.11. The summed E-state index contributed by atoms with van der Waals surface area (Å²) in [5, 5.41) is 4.69. The molecular formula is C14H16N2O5S. The van der Waals surface area contributed by atoms with Crippen molar-refractivity contribution in [3.8, 4) is 5.75 Å². The van der Waals surface area contributed by atoms with Crippen molar-refractivity contribution in [2.75, 3.05) is 12.4 Å². The lowest BCUT2D eigenvalue weighted by Gasteiger charge is -2.14. The first kappa shape index (κ1) is 16.0. The maximum Gasteiger partial charge on any atom is 0.245 e. The molecule has 0 fully saturated rings. The molecule has 0 saturated heterocycles. The molecular weight excluding hydrogens is 308 g/mol. The van der Waals surface area contributed by atoms with Crippen molar-refractivity contribution in [3.63, 3.8) is 0 Å². The van der Waals surface area contributed by atoms with E-state index in [-0.39, 0.29) is 16.5 Å². The Balaban J connectivity index is 2.26. The second-order valence-electron chi connectivity index (χ2n) is 4.66. The molecule has 7 nitrogen and oxygen atoms in total. The number of para-hydroxylation sites is 1. The van der Waals surface area contributed by atoms with Crippen molar-refractivity contribution in [1.29, 1.82) is 0 Å². The van der Waals surface area contributed by atoms with E-state index in [0.29, 0.717) is 5.69 Å². The fourth-order valence-electron chi connectivity index (χ4n) is 1.83. The zero-order valence-corrected chi connectivity index (χ0v) is 13.2. The van der Waals surface area contributed by atoms with Gasteiger partial charge >= 0.3 is 0 Å². The van der Waals surface area contributed by atoms with Crippen LogP contribution >= 0.6 is 0 Å². The summed E-state index contributed by atoms with van der Waals surface area (Å²) < 4.78 is 35.0. The Morgan fingerprint density at radius 3 is 2.64 bits per heavy atom. The number of anilines is 1. The van der Waals surface area contributed by atoms with E-state index in [1.165, 1.54) is 32.2 Å². The van der Waals surface area contributed by atoms with Gasteiger partial charge in [0.05, 0.1) is 12.8 Å². The van der Waals surface area contributed by atoms with E-state index in [9.17, 15) is 13.2 Å². The molecule has 2 rings (SSSR count). The number of ether oxygens (including phenoxy) is 1. The lowest BCUT2D eigenvalue weighted by atomic mass is 10.3. The summed E-state index contributed by atoms with van der Waals surface area (Å²) in [7, 11) is -2.52. The van der Waals surface area contributed by atoms with Gasteiger partial charge in [0.2, 0.25) is 11.8 Å². The Kier molecular flexibility index (Phi) is 4.51. The largest absolute Gasteiger partial charge is 0.495 e. The Morgan fingerprint density at radius 1 is 1.36 bits per heavy atom. The van der Waals surface area contributed by atoms with E-state index in [1.54, 1.807) is 19.1 Å². The van der Waals surface area contributed by atoms with Crippen molar-refractivity contribution in [2.24, 2.45) is 0 Å². The second kappa shape index (κ2) is 6.18. The molecule has 1 N–H and O–H groups in total. The van der Waals surface area contributed by atoms with Crippen LogP contribution in [0.3, 0.4) is 0 Å². The van der Waals surface area contributed by atoms with Gasteiger partial charge in [-0.05, 0) is 26.0 Å². The minimum Gasteiger partial charge on any atom is -0.495 e. The molecule has 8 heteroatoms. The number of hydrogen-bond donors (Lipinski definition) is 1. The van der Waals surface area contributed by atoms with Crippen LogP contribution in [0.1, 0.15) is 12.6 Å². The summed E-state index contributed by atoms with van der Waals surface area (Å²) in [4.78, 5) is 12.1. The minimum absolute atomic E-state index is 0.0334. The summed E-state index contributed by atoms with van der Waals surface area (Å²) in [6.45, 7) is 2.99. The third-order valence-corrected chi connectivity index (χ3v) is 5.18. The van der Waals surface area contributed by atoms with Crippen LogP contribution in [-0.2, 0) is 14.6 Å². The molecule has 2 aromatic rings. The lowest BCUT2D eigenvalue weighted by Crippen LogP contribution is -2.32. The molecule has 0 aliphatic heterocycles. The van der Waals surface area contributed by atoms with E-state index < -0.39 is 21.0 Å². The Bertz CT molecular complexity index is 782. The van der Waals surface area contributed by atoms with Gasteiger partial charge in [0, 0.05) is 6.07 Å². The van der Waals surface area contributed by atoms with Crippen molar-refractivity contribution in [3.05, 3.63) is 36.0 Å². The first-order valence-corrected chi connectivity index (χ1v) is 8.02. The topological polar surface area (TPSA) is 98.5 Å². The Hall–Kier alpha value is -2.35. The van der Waals surface area contributed by atoms with Gasteiger partial charge in [-0.15, -0.1) is 0 Å². The zero-order chi connectivity index (χ0) is 16.3. The van der Waals surface area contributed by atoms with Crippen LogP contribution in [0, 0.1) is 6.92 Å². The summed E-state index contributed by atoms with van der Waals surface area (Å²) in [6, 6.07) is 7.65. The highest BCUT2D eigenvalue weighted by atomic mass is 32.2. The minimum atomic E-state index is -3.89. The molecule has 1 amide bonds. The van der Waals surface area contributed by atoms with Crippen molar-refractivity contribution in [2.45, 2.75) is 24.0 Å². The fourth-order valence-corrected chi connectivity index (χ4v) is 3.25. The molecule has 22 heavy (non-hydrogen) atoms. The molecule has 0 saturated carbocycles. The number of methoxy groups -OCH3 is 1. The highest BCUT2D eigenvalue weighted by molar-refractivity contribution is 7.93. The second-order valence-corrected chi connectivity index (χ2v) is 6.90. The van der Waals surface area contributed by atoms with Crippen LogP contribution in [0.4, 0.5) is 5.88 Å². The van der Waals surface area contributed by atoms with Gasteiger partial charge in [0.15, 0.2) is 9.84 Å². The van der Waals surface area contributed by atoms with Crippen LogP contribution in [0.25, 0.3) is 0 Å². The van der Waals surface area contributed by atoms with Gasteiger partial charge in [-0.3, -0.25) is 10.1 Å². The van der Waals surface area contributed by atoms with Gasteiger partial charge in [0.25, 0.3) is 0 Å². The van der Waals surface area contributed by atoms with Gasteiger partial charge < -0.3 is 9.26 Å². The predicted octanol–water partition coefficient (Wildman–Crippen LogP) is 1.79. The van der Waals surface area contributed by atoms with E-state index >= 15 is 0 Å². The van der Waals surface area contributed by atoms with Crippen molar-refractivity contribution in [1.82, 2.24) is 5.16 Å². The monoisotopic (exact) mass is 324 g/mol. The van der Waals surface area contributed by atoms with Gasteiger partial charge in [-0.1, -0.05) is 17.3 Å². The molecule has 1 aromatic carbocycles. The standard InChI is InChI=1S/C14H16N2O5S/c1-9-8-13(21-16-9)15-14(17)10(2)22(18,19)12-7-5-4-6-11(12)20-3/h4-8,10H,1-3H3,(H,15,17)/t10-/m0/s1. The number of aryl methyl sites for hydroxylation is 1. The van der Waals surface area contributed by atoms with Crippen LogP contribution < -0.4 is 10.1 Å². The number of carbonyl (C=O) groups is 1. The molecule has 0 radical (unpaired) electrons. The summed E-state index contributed by atoms with van der Waals surface area (Å²) >= 11 is 0. The number of carbonyl (C=O) groups excluding carboxylic acids is 1. The maximum atomic E-state index is 12.6. The van der Waals surface area contributed by atoms with E-state index in [4.69, 9.17) is 9.26 Å². The summed E-state index contributed by atoms with van der Waals surface area (Å²) in [5.74, 6) is -0.413. The Morgan fingerprint density at radius 2 is 2.05 bits per heavy atom. The number of benzene rings is 1. The van der Waals surface area contributed by atoms with E-state index in [2.05, 4.69) is 10.5 Å². The maximum absolute atomic E-state index is 12.6. The molecule has 1 atom stereocenters. The normalized spacial score (nSPS) is 12.7. The molecule has 0 bridgehead atoms. The Labute approximate surface area is 128 Å². The van der Waals surface area contributed by atoms with Crippen LogP contribution in [0.15, 0.2) is 39.8 Å². The number of rotatable bonds is 5. The lowest BCUT2D eigenvalue weighted by molar-refractivity contribution is -0.115. The summed E-state index contributed by atoms with van der Waals surface area (Å²) in [6.07, 6.45) is 0. The van der Waals surface area contributed by atoms with Crippen LogP contribution in [0.2, 0.25) is 0 Å². The number of amides is 1. The van der Waals surface area contributed by atoms with Crippen LogP contribution in [0.5, 0.6) is 5.75 Å². The van der Waals surface area contributed by atoms with Crippen LogP contribution in [-0.4, -0.2) is 31.8 Å². The number of nitrogens with one attached hydrogen (secondary N) is 1. The quantitative estimate of drug-likeness (QED) is 0.900. The molecule has 0 unspecified atom stereocenters. The molecule has 1 heterocycles. The fraction of sp³-hybridized carbons (Fsp3) is 0.286. The first-order valence-electron chi connectivity index (χ1n) is 6.47. The highest BCUT2D eigenvalue weighted by Crippen LogP contribution is 2.27. The van der Waals surface area contributed by atoms with Gasteiger partial charge in [-0.2, -0.15) is 0 Å². The van der Waals surface area contributed by atoms with Gasteiger partial charge in [-0.25, -0.2) is 8.42 Å². The molecule has 0 aliphatic carbocycles. The number of sulfone groups is 1. The number of nitrogens with zero attached hydrogens (tertiary/aromatic N) is 1. The molecule has 0 spiro atoms. The average Bonchev–Trinajstić information content (AvgIpc) is 2.91. The summed E-state index contributed by atoms with van der Waals surface area (Å²) in [5.41, 5.74) is 0.579. The number of aromatic nitrogens is 1. The highest BCUT2D eigenvalue weighted by Gasteiger charge is 2.32. The third-order valence-electron chi connectivity index (χ3n) is 3.08. The smallest absolute Gasteiger partial charge is 0.245 e.